The zero-order chi connectivity index (χ0) is 26.4. The van der Waals surface area contributed by atoms with Gasteiger partial charge in [0.05, 0.1) is 39.4 Å². The maximum atomic E-state index is 13.3. The normalized spacial score (nSPS) is 11.1. The first-order chi connectivity index (χ1) is 17.9. The molecule has 4 rings (SSSR count). The zero-order valence-electron chi connectivity index (χ0n) is 20.4. The fraction of sp³-hybridized carbons (Fsp3) is 0.214. The molecule has 0 atom stereocenters. The first kappa shape index (κ1) is 26.8. The number of hydrogen-bond donors (Lipinski definition) is 0. The van der Waals surface area contributed by atoms with E-state index < -0.39 is 0 Å². The maximum Gasteiger partial charge on any atom is 0.282 e. The van der Waals surface area contributed by atoms with Crippen molar-refractivity contribution >= 4 is 55.6 Å². The van der Waals surface area contributed by atoms with Crippen molar-refractivity contribution in [1.82, 2.24) is 9.66 Å². The summed E-state index contributed by atoms with van der Waals surface area (Å²) in [6, 6.07) is 18.7. The molecule has 1 heterocycles. The molecule has 0 saturated carbocycles. The number of aryl methyl sites for hydroxylation is 1. The highest BCUT2D eigenvalue weighted by Gasteiger charge is 2.14. The molecular formula is C28H24BrIN4O3. The molecule has 0 radical (unpaired) electrons. The van der Waals surface area contributed by atoms with Crippen molar-refractivity contribution in [3.8, 4) is 17.6 Å². The smallest absolute Gasteiger partial charge is 0.282 e. The summed E-state index contributed by atoms with van der Waals surface area (Å²) in [5, 5.41) is 14.4. The average molecular weight is 671 g/mol. The van der Waals surface area contributed by atoms with E-state index in [0.29, 0.717) is 40.2 Å². The summed E-state index contributed by atoms with van der Waals surface area (Å²) < 4.78 is 14.6. The van der Waals surface area contributed by atoms with Gasteiger partial charge in [0.15, 0.2) is 11.5 Å². The van der Waals surface area contributed by atoms with Crippen LogP contribution in [0.1, 0.15) is 42.3 Å². The van der Waals surface area contributed by atoms with Crippen molar-refractivity contribution < 1.29 is 9.47 Å². The average Bonchev–Trinajstić information content (AvgIpc) is 2.91. The first-order valence-corrected chi connectivity index (χ1v) is 13.6. The number of nitrogens with zero attached hydrogens (tertiary/aromatic N) is 4. The standard InChI is InChI=1S/C28H24BrIN4O3/c1-3-4-9-26-33-24-11-10-21(29)14-22(24)28(35)34(26)32-16-18-12-23(30)27(25(13-18)36-2)37-17-20-8-6-5-7-19(20)15-31/h5-8,10-14,16H,3-4,9,17H2,1-2H3. The number of fused-ring (bicyclic) bond motifs is 1. The van der Waals surface area contributed by atoms with Crippen LogP contribution in [0.15, 0.2) is 69.0 Å². The van der Waals surface area contributed by atoms with Crippen LogP contribution >= 0.6 is 38.5 Å². The summed E-state index contributed by atoms with van der Waals surface area (Å²) in [7, 11) is 1.57. The number of nitriles is 1. The molecule has 0 aliphatic rings. The van der Waals surface area contributed by atoms with Crippen LogP contribution in [0.5, 0.6) is 11.5 Å². The molecule has 37 heavy (non-hydrogen) atoms. The van der Waals surface area contributed by atoms with Gasteiger partial charge in [0.1, 0.15) is 12.4 Å². The molecule has 0 spiro atoms. The van der Waals surface area contributed by atoms with Gasteiger partial charge in [-0.3, -0.25) is 4.79 Å². The van der Waals surface area contributed by atoms with Crippen LogP contribution in [0, 0.1) is 14.9 Å². The molecule has 0 aliphatic heterocycles. The van der Waals surface area contributed by atoms with E-state index in [2.05, 4.69) is 56.6 Å². The van der Waals surface area contributed by atoms with Crippen LogP contribution in [0.2, 0.25) is 0 Å². The van der Waals surface area contributed by atoms with Crippen LogP contribution in [0.4, 0.5) is 0 Å². The van der Waals surface area contributed by atoms with Gasteiger partial charge in [0.2, 0.25) is 0 Å². The maximum absolute atomic E-state index is 13.3. The van der Waals surface area contributed by atoms with E-state index in [9.17, 15) is 10.1 Å². The third kappa shape index (κ3) is 6.19. The lowest BCUT2D eigenvalue weighted by atomic mass is 10.1. The van der Waals surface area contributed by atoms with Crippen molar-refractivity contribution in [3.05, 3.63) is 95.5 Å². The lowest BCUT2D eigenvalue weighted by molar-refractivity contribution is 0.282. The molecule has 0 bridgehead atoms. The fourth-order valence-electron chi connectivity index (χ4n) is 3.79. The second-order valence-corrected chi connectivity index (χ2v) is 10.3. The van der Waals surface area contributed by atoms with Gasteiger partial charge < -0.3 is 9.47 Å². The monoisotopic (exact) mass is 670 g/mol. The number of hydrogen-bond acceptors (Lipinski definition) is 6. The topological polar surface area (TPSA) is 89.5 Å². The Bertz CT molecular complexity index is 1580. The number of aromatic nitrogens is 2. The predicted octanol–water partition coefficient (Wildman–Crippen LogP) is 6.45. The van der Waals surface area contributed by atoms with Crippen LogP contribution in [0.3, 0.4) is 0 Å². The molecule has 7 nitrogen and oxygen atoms in total. The Balaban J connectivity index is 1.68. The third-order valence-corrected chi connectivity index (χ3v) is 7.01. The number of benzene rings is 3. The Morgan fingerprint density at radius 2 is 2.03 bits per heavy atom. The molecule has 0 amide bonds. The molecule has 0 aliphatic carbocycles. The number of ether oxygens (including phenoxy) is 2. The summed E-state index contributed by atoms with van der Waals surface area (Å²) in [5.41, 5.74) is 2.55. The van der Waals surface area contributed by atoms with Crippen LogP contribution in [-0.4, -0.2) is 23.0 Å². The Morgan fingerprint density at radius 1 is 1.22 bits per heavy atom. The lowest BCUT2D eigenvalue weighted by Gasteiger charge is -2.14. The van der Waals surface area contributed by atoms with Gasteiger partial charge in [-0.05, 0) is 71.0 Å². The molecule has 4 aromatic rings. The molecule has 3 aromatic carbocycles. The van der Waals surface area contributed by atoms with E-state index in [1.807, 2.05) is 36.4 Å². The molecule has 0 saturated heterocycles. The molecular weight excluding hydrogens is 647 g/mol. The molecule has 0 fully saturated rings. The van der Waals surface area contributed by atoms with Crippen molar-refractivity contribution in [1.29, 1.82) is 5.26 Å². The molecule has 0 unspecified atom stereocenters. The van der Waals surface area contributed by atoms with Crippen molar-refractivity contribution in [2.75, 3.05) is 7.11 Å². The van der Waals surface area contributed by atoms with E-state index in [1.54, 1.807) is 31.5 Å². The molecule has 1 aromatic heterocycles. The second kappa shape index (κ2) is 12.3. The molecule has 9 heteroatoms. The second-order valence-electron chi connectivity index (χ2n) is 8.25. The SMILES string of the molecule is CCCCc1nc2ccc(Br)cc2c(=O)n1N=Cc1cc(I)c(OCc2ccccc2C#N)c(OC)c1. The van der Waals surface area contributed by atoms with Gasteiger partial charge in [0, 0.05) is 16.5 Å². The van der Waals surface area contributed by atoms with Gasteiger partial charge >= 0.3 is 0 Å². The largest absolute Gasteiger partial charge is 0.493 e. The minimum Gasteiger partial charge on any atom is -0.493 e. The highest BCUT2D eigenvalue weighted by Crippen LogP contribution is 2.34. The Morgan fingerprint density at radius 3 is 2.78 bits per heavy atom. The van der Waals surface area contributed by atoms with Crippen LogP contribution < -0.4 is 15.0 Å². The predicted molar refractivity (Wildman–Crippen MR) is 157 cm³/mol. The van der Waals surface area contributed by atoms with E-state index in [1.165, 1.54) is 4.68 Å². The van der Waals surface area contributed by atoms with E-state index in [0.717, 1.165) is 32.0 Å². The lowest BCUT2D eigenvalue weighted by Crippen LogP contribution is -2.22. The van der Waals surface area contributed by atoms with Gasteiger partial charge in [-0.2, -0.15) is 15.0 Å². The fourth-order valence-corrected chi connectivity index (χ4v) is 4.94. The van der Waals surface area contributed by atoms with E-state index in [4.69, 9.17) is 14.5 Å². The minimum atomic E-state index is -0.216. The summed E-state index contributed by atoms with van der Waals surface area (Å²) in [6.45, 7) is 2.33. The highest BCUT2D eigenvalue weighted by atomic mass is 127. The Labute approximate surface area is 237 Å². The van der Waals surface area contributed by atoms with Crippen LogP contribution in [-0.2, 0) is 13.0 Å². The summed E-state index contributed by atoms with van der Waals surface area (Å²) in [6.07, 6.45) is 4.15. The summed E-state index contributed by atoms with van der Waals surface area (Å²) >= 11 is 5.62. The molecule has 188 valence electrons. The number of methoxy groups -OCH3 is 1. The highest BCUT2D eigenvalue weighted by molar-refractivity contribution is 14.1. The Hall–Kier alpha value is -3.23. The molecule has 0 N–H and O–H groups in total. The van der Waals surface area contributed by atoms with Gasteiger partial charge in [-0.15, -0.1) is 0 Å². The summed E-state index contributed by atoms with van der Waals surface area (Å²) in [4.78, 5) is 18.0. The van der Waals surface area contributed by atoms with Crippen molar-refractivity contribution in [2.24, 2.45) is 5.10 Å². The van der Waals surface area contributed by atoms with Crippen molar-refractivity contribution in [3.63, 3.8) is 0 Å². The summed E-state index contributed by atoms with van der Waals surface area (Å²) in [5.74, 6) is 1.73. The van der Waals surface area contributed by atoms with Gasteiger partial charge in [-0.25, -0.2) is 4.98 Å². The number of halogens is 2. The minimum absolute atomic E-state index is 0.216. The quantitative estimate of drug-likeness (QED) is 0.151. The van der Waals surface area contributed by atoms with Crippen molar-refractivity contribution in [2.45, 2.75) is 32.8 Å². The number of rotatable bonds is 9. The van der Waals surface area contributed by atoms with Gasteiger partial charge in [0.25, 0.3) is 5.56 Å². The first-order valence-electron chi connectivity index (χ1n) is 11.7. The van der Waals surface area contributed by atoms with Crippen LogP contribution in [0.25, 0.3) is 10.9 Å². The van der Waals surface area contributed by atoms with Gasteiger partial charge in [-0.1, -0.05) is 47.5 Å². The van der Waals surface area contributed by atoms with E-state index >= 15 is 0 Å². The Kier molecular flexibility index (Phi) is 8.95. The van der Waals surface area contributed by atoms with E-state index in [-0.39, 0.29) is 12.2 Å². The third-order valence-electron chi connectivity index (χ3n) is 5.71. The zero-order valence-corrected chi connectivity index (χ0v) is 24.1. The number of unbranched alkanes of at least 4 members (excludes halogenated alkanes) is 1.